The molecule has 0 radical (unpaired) electrons. The van der Waals surface area contributed by atoms with E-state index in [0.717, 1.165) is 0 Å². The second-order valence-corrected chi connectivity index (χ2v) is 5.05. The first-order chi connectivity index (χ1) is 8.93. The zero-order chi connectivity index (χ0) is 14.7. The molecule has 1 unspecified atom stereocenters. The Hall–Kier alpha value is -0.790. The van der Waals surface area contributed by atoms with Gasteiger partial charge in [-0.15, -0.1) is 12.6 Å². The first-order valence-electron chi connectivity index (χ1n) is 6.35. The molecular weight excluding hydrogens is 268 g/mol. The van der Waals surface area contributed by atoms with Crippen molar-refractivity contribution < 1.29 is 19.1 Å². The Labute approximate surface area is 120 Å². The summed E-state index contributed by atoms with van der Waals surface area (Å²) in [6.45, 7) is 7.13. The number of thiol groups is 1. The van der Waals surface area contributed by atoms with E-state index in [2.05, 4.69) is 23.3 Å². The fourth-order valence-electron chi connectivity index (χ4n) is 1.06. The van der Waals surface area contributed by atoms with Gasteiger partial charge in [-0.2, -0.15) is 0 Å². The molecule has 1 atom stereocenters. The van der Waals surface area contributed by atoms with Crippen LogP contribution in [-0.4, -0.2) is 50.2 Å². The Balaban J connectivity index is 3.31. The highest BCUT2D eigenvalue weighted by atomic mass is 32.1. The third kappa shape index (κ3) is 12.0. The molecule has 0 aliphatic rings. The summed E-state index contributed by atoms with van der Waals surface area (Å²) in [5.74, 6) is -0.207. The van der Waals surface area contributed by atoms with E-state index < -0.39 is 0 Å². The number of carbonyl (C=O) groups excluding carboxylic acids is 2. The van der Waals surface area contributed by atoms with Gasteiger partial charge in [0.2, 0.25) is 11.8 Å². The molecule has 0 spiro atoms. The monoisotopic (exact) mass is 292 g/mol. The lowest BCUT2D eigenvalue weighted by Gasteiger charge is -2.09. The maximum Gasteiger partial charge on any atom is 0.246 e. The van der Waals surface area contributed by atoms with E-state index in [1.54, 1.807) is 6.92 Å². The molecule has 0 aromatic rings. The van der Waals surface area contributed by atoms with Gasteiger partial charge in [-0.1, -0.05) is 13.8 Å². The van der Waals surface area contributed by atoms with Crippen LogP contribution < -0.4 is 10.6 Å². The van der Waals surface area contributed by atoms with E-state index in [1.807, 2.05) is 13.8 Å². The molecule has 0 bridgehead atoms. The molecule has 0 heterocycles. The average Bonchev–Trinajstić information content (AvgIpc) is 2.34. The van der Waals surface area contributed by atoms with Crippen molar-refractivity contribution in [1.82, 2.24) is 10.6 Å². The molecule has 0 aromatic heterocycles. The fraction of sp³-hybridized carbons (Fsp3) is 0.833. The highest BCUT2D eigenvalue weighted by molar-refractivity contribution is 7.80. The largest absolute Gasteiger partial charge is 0.378 e. The molecule has 0 saturated heterocycles. The van der Waals surface area contributed by atoms with Gasteiger partial charge in [0.05, 0.1) is 18.6 Å². The van der Waals surface area contributed by atoms with E-state index >= 15 is 0 Å². The smallest absolute Gasteiger partial charge is 0.246 e. The van der Waals surface area contributed by atoms with Gasteiger partial charge in [-0.3, -0.25) is 9.59 Å². The fourth-order valence-corrected chi connectivity index (χ4v) is 1.14. The van der Waals surface area contributed by atoms with Crippen LogP contribution in [0.2, 0.25) is 0 Å². The lowest BCUT2D eigenvalue weighted by molar-refractivity contribution is -0.126. The zero-order valence-corrected chi connectivity index (χ0v) is 12.7. The number of carbonyl (C=O) groups is 2. The van der Waals surface area contributed by atoms with Crippen LogP contribution >= 0.6 is 12.6 Å². The first kappa shape index (κ1) is 18.2. The number of rotatable bonds is 10. The molecule has 2 N–H and O–H groups in total. The molecular formula is C12H24N2O4S. The molecule has 112 valence electrons. The Morgan fingerprint density at radius 2 is 1.68 bits per heavy atom. The van der Waals surface area contributed by atoms with Crippen LogP contribution in [-0.2, 0) is 19.1 Å². The van der Waals surface area contributed by atoms with Crippen LogP contribution in [0.5, 0.6) is 0 Å². The highest BCUT2D eigenvalue weighted by Gasteiger charge is 2.05. The minimum Gasteiger partial charge on any atom is -0.378 e. The molecule has 0 fully saturated rings. The number of hydrogen-bond acceptors (Lipinski definition) is 5. The standard InChI is InChI=1S/C12H24N2O4S/c1-9(2)12(16)14-5-7-17-6-4-13-11(15)8-18-10(3)19/h9-10,19H,4-8H2,1-3H3,(H,13,15)(H,14,16). The van der Waals surface area contributed by atoms with Crippen molar-refractivity contribution in [2.75, 3.05) is 32.9 Å². The molecule has 0 aliphatic heterocycles. The topological polar surface area (TPSA) is 76.7 Å². The summed E-state index contributed by atoms with van der Waals surface area (Å²) >= 11 is 3.99. The quantitative estimate of drug-likeness (QED) is 0.305. The number of nitrogens with one attached hydrogen (secondary N) is 2. The van der Waals surface area contributed by atoms with Crippen LogP contribution in [0.1, 0.15) is 20.8 Å². The summed E-state index contributed by atoms with van der Waals surface area (Å²) in [6.07, 6.45) is 0. The average molecular weight is 292 g/mol. The van der Waals surface area contributed by atoms with Crippen LogP contribution in [0.4, 0.5) is 0 Å². The summed E-state index contributed by atoms with van der Waals surface area (Å²) in [4.78, 5) is 22.4. The molecule has 19 heavy (non-hydrogen) atoms. The van der Waals surface area contributed by atoms with Crippen molar-refractivity contribution in [3.8, 4) is 0 Å². The molecule has 0 rings (SSSR count). The van der Waals surface area contributed by atoms with Crippen molar-refractivity contribution in [1.29, 1.82) is 0 Å². The summed E-state index contributed by atoms with van der Waals surface area (Å²) in [7, 11) is 0. The Morgan fingerprint density at radius 3 is 2.21 bits per heavy atom. The van der Waals surface area contributed by atoms with Crippen molar-refractivity contribution in [2.24, 2.45) is 5.92 Å². The van der Waals surface area contributed by atoms with Gasteiger partial charge in [0, 0.05) is 19.0 Å². The predicted molar refractivity (Wildman–Crippen MR) is 76.1 cm³/mol. The van der Waals surface area contributed by atoms with E-state index in [4.69, 9.17) is 9.47 Å². The molecule has 7 heteroatoms. The lowest BCUT2D eigenvalue weighted by atomic mass is 10.2. The van der Waals surface area contributed by atoms with Gasteiger partial charge in [-0.25, -0.2) is 0 Å². The summed E-state index contributed by atoms with van der Waals surface area (Å²) in [5, 5.41) is 5.38. The zero-order valence-electron chi connectivity index (χ0n) is 11.8. The molecule has 0 aliphatic carbocycles. The van der Waals surface area contributed by atoms with Crippen molar-refractivity contribution in [3.05, 3.63) is 0 Å². The van der Waals surface area contributed by atoms with Crippen LogP contribution in [0.15, 0.2) is 0 Å². The minimum absolute atomic E-state index is 0.00485. The first-order valence-corrected chi connectivity index (χ1v) is 6.87. The van der Waals surface area contributed by atoms with Crippen molar-refractivity contribution in [3.63, 3.8) is 0 Å². The number of hydrogen-bond donors (Lipinski definition) is 3. The molecule has 0 aromatic carbocycles. The minimum atomic E-state index is -0.258. The Bertz CT molecular complexity index is 272. The van der Waals surface area contributed by atoms with Crippen molar-refractivity contribution in [2.45, 2.75) is 26.2 Å². The van der Waals surface area contributed by atoms with Gasteiger partial charge in [0.15, 0.2) is 0 Å². The van der Waals surface area contributed by atoms with Gasteiger partial charge in [0.1, 0.15) is 6.61 Å². The maximum atomic E-state index is 11.2. The second-order valence-electron chi connectivity index (χ2n) is 4.32. The maximum absolute atomic E-state index is 11.2. The predicted octanol–water partition coefficient (Wildman–Crippen LogP) is 0.184. The van der Waals surface area contributed by atoms with Gasteiger partial charge in [0.25, 0.3) is 0 Å². The summed E-state index contributed by atoms with van der Waals surface area (Å²) < 4.78 is 10.3. The van der Waals surface area contributed by atoms with Crippen molar-refractivity contribution >= 4 is 24.4 Å². The number of ether oxygens (including phenoxy) is 2. The number of amides is 2. The van der Waals surface area contributed by atoms with Crippen LogP contribution in [0, 0.1) is 5.92 Å². The normalized spacial score (nSPS) is 12.3. The third-order valence-electron chi connectivity index (χ3n) is 2.09. The SMILES string of the molecule is CC(S)OCC(=O)NCCOCCNC(=O)C(C)C. The van der Waals surface area contributed by atoms with E-state index in [0.29, 0.717) is 26.3 Å². The Morgan fingerprint density at radius 1 is 1.11 bits per heavy atom. The van der Waals surface area contributed by atoms with Crippen LogP contribution in [0.3, 0.4) is 0 Å². The van der Waals surface area contributed by atoms with E-state index in [9.17, 15) is 9.59 Å². The molecule has 6 nitrogen and oxygen atoms in total. The van der Waals surface area contributed by atoms with Crippen LogP contribution in [0.25, 0.3) is 0 Å². The van der Waals surface area contributed by atoms with Gasteiger partial charge in [-0.05, 0) is 6.92 Å². The Kier molecular flexibility index (Phi) is 10.6. The summed E-state index contributed by atoms with van der Waals surface area (Å²) in [6, 6.07) is 0. The van der Waals surface area contributed by atoms with E-state index in [-0.39, 0.29) is 29.8 Å². The summed E-state index contributed by atoms with van der Waals surface area (Å²) in [5.41, 5.74) is -0.258. The third-order valence-corrected chi connectivity index (χ3v) is 2.24. The van der Waals surface area contributed by atoms with Gasteiger partial charge >= 0.3 is 0 Å². The lowest BCUT2D eigenvalue weighted by Crippen LogP contribution is -2.33. The molecule has 2 amide bonds. The highest BCUT2D eigenvalue weighted by Crippen LogP contribution is 1.93. The van der Waals surface area contributed by atoms with Gasteiger partial charge < -0.3 is 20.1 Å². The molecule has 0 saturated carbocycles. The van der Waals surface area contributed by atoms with E-state index in [1.165, 1.54) is 0 Å². The second kappa shape index (κ2) is 11.1.